The number of hydrogen-bond acceptors (Lipinski definition) is 2. The summed E-state index contributed by atoms with van der Waals surface area (Å²) in [6, 6.07) is 8.59. The second kappa shape index (κ2) is 6.87. The van der Waals surface area contributed by atoms with Crippen molar-refractivity contribution in [2.75, 3.05) is 0 Å². The van der Waals surface area contributed by atoms with Gasteiger partial charge in [-0.3, -0.25) is 9.59 Å². The van der Waals surface area contributed by atoms with Gasteiger partial charge in [-0.1, -0.05) is 29.8 Å². The zero-order valence-corrected chi connectivity index (χ0v) is 12.5. The first kappa shape index (κ1) is 17.1. The van der Waals surface area contributed by atoms with Crippen LogP contribution >= 0.6 is 11.6 Å². The molecule has 0 atom stereocenters. The highest BCUT2D eigenvalue weighted by molar-refractivity contribution is 6.31. The van der Waals surface area contributed by atoms with Crippen LogP contribution in [-0.4, -0.2) is 10.5 Å². The average Bonchev–Trinajstić information content (AvgIpc) is 2.47. The number of halogens is 4. The first-order valence-corrected chi connectivity index (χ1v) is 6.93. The van der Waals surface area contributed by atoms with Crippen molar-refractivity contribution in [3.05, 3.63) is 69.1 Å². The maximum Gasteiger partial charge on any atom is 0.421 e. The molecule has 1 heterocycles. The van der Waals surface area contributed by atoms with E-state index in [2.05, 4.69) is 5.32 Å². The van der Waals surface area contributed by atoms with Gasteiger partial charge in [0.05, 0.1) is 0 Å². The van der Waals surface area contributed by atoms with Crippen molar-refractivity contribution in [2.45, 2.75) is 19.3 Å². The van der Waals surface area contributed by atoms with Crippen LogP contribution in [-0.2, 0) is 24.1 Å². The fourth-order valence-corrected chi connectivity index (χ4v) is 2.13. The molecular weight excluding hydrogens is 333 g/mol. The quantitative estimate of drug-likeness (QED) is 0.927. The molecule has 4 nitrogen and oxygen atoms in total. The largest absolute Gasteiger partial charge is 0.421 e. The number of amides is 1. The van der Waals surface area contributed by atoms with Crippen LogP contribution in [0.2, 0.25) is 5.02 Å². The summed E-state index contributed by atoms with van der Waals surface area (Å²) in [6.07, 6.45) is -3.62. The van der Waals surface area contributed by atoms with Crippen LogP contribution in [0.15, 0.2) is 47.4 Å². The number of hydrogen-bond donors (Lipinski definition) is 1. The minimum atomic E-state index is -4.76. The van der Waals surface area contributed by atoms with E-state index in [4.69, 9.17) is 11.6 Å². The Morgan fingerprint density at radius 1 is 1.17 bits per heavy atom. The van der Waals surface area contributed by atoms with E-state index in [1.54, 1.807) is 24.3 Å². The van der Waals surface area contributed by atoms with Crippen LogP contribution in [0.1, 0.15) is 11.1 Å². The number of aromatic nitrogens is 1. The molecular formula is C15H12ClF3N2O2. The number of benzene rings is 1. The van der Waals surface area contributed by atoms with E-state index in [1.165, 1.54) is 0 Å². The van der Waals surface area contributed by atoms with Crippen molar-refractivity contribution in [1.29, 1.82) is 0 Å². The Labute approximate surface area is 134 Å². The molecule has 0 saturated carbocycles. The average molecular weight is 345 g/mol. The molecule has 2 rings (SSSR count). The zero-order chi connectivity index (χ0) is 17.0. The smallest absolute Gasteiger partial charge is 0.350 e. The molecule has 0 saturated heterocycles. The number of pyridine rings is 1. The molecule has 2 aromatic rings. The molecule has 1 aromatic heterocycles. The third kappa shape index (κ3) is 4.35. The van der Waals surface area contributed by atoms with Crippen LogP contribution in [0.25, 0.3) is 0 Å². The van der Waals surface area contributed by atoms with Gasteiger partial charge in [0.1, 0.15) is 12.1 Å². The molecule has 0 radical (unpaired) electrons. The summed E-state index contributed by atoms with van der Waals surface area (Å²) < 4.78 is 38.7. The molecule has 0 fully saturated rings. The molecule has 0 aliphatic carbocycles. The lowest BCUT2D eigenvalue weighted by Gasteiger charge is -2.11. The van der Waals surface area contributed by atoms with Gasteiger partial charge in [0.15, 0.2) is 0 Å². The fourth-order valence-electron chi connectivity index (χ4n) is 1.92. The maximum atomic E-state index is 12.7. The van der Waals surface area contributed by atoms with E-state index in [1.807, 2.05) is 0 Å². The predicted octanol–water partition coefficient (Wildman–Crippen LogP) is 2.84. The zero-order valence-electron chi connectivity index (χ0n) is 11.7. The normalized spacial score (nSPS) is 11.3. The third-order valence-electron chi connectivity index (χ3n) is 3.07. The van der Waals surface area contributed by atoms with Crippen molar-refractivity contribution < 1.29 is 18.0 Å². The Kier molecular flexibility index (Phi) is 5.10. The van der Waals surface area contributed by atoms with Crippen LogP contribution in [0, 0.1) is 0 Å². The number of nitrogens with zero attached hydrogens (tertiary/aromatic N) is 1. The van der Waals surface area contributed by atoms with E-state index >= 15 is 0 Å². The summed E-state index contributed by atoms with van der Waals surface area (Å²) in [4.78, 5) is 23.5. The lowest BCUT2D eigenvalue weighted by Crippen LogP contribution is -2.34. The van der Waals surface area contributed by atoms with E-state index in [9.17, 15) is 22.8 Å². The van der Waals surface area contributed by atoms with Gasteiger partial charge >= 0.3 is 6.18 Å². The van der Waals surface area contributed by atoms with Crippen LogP contribution in [0.3, 0.4) is 0 Å². The van der Waals surface area contributed by atoms with Gasteiger partial charge in [-0.15, -0.1) is 0 Å². The number of alkyl halides is 3. The van der Waals surface area contributed by atoms with Crippen LogP contribution in [0.4, 0.5) is 13.2 Å². The summed E-state index contributed by atoms with van der Waals surface area (Å²) >= 11 is 5.93. The van der Waals surface area contributed by atoms with Gasteiger partial charge in [0.25, 0.3) is 5.56 Å². The predicted molar refractivity (Wildman–Crippen MR) is 79.0 cm³/mol. The van der Waals surface area contributed by atoms with Gasteiger partial charge in [0, 0.05) is 17.8 Å². The minimum absolute atomic E-state index is 0.117. The number of carbonyl (C=O) groups excluding carboxylic acids is 1. The van der Waals surface area contributed by atoms with Crippen LogP contribution < -0.4 is 10.9 Å². The maximum absolute atomic E-state index is 12.7. The molecule has 0 bridgehead atoms. The van der Waals surface area contributed by atoms with Crippen molar-refractivity contribution in [3.63, 3.8) is 0 Å². The van der Waals surface area contributed by atoms with Crippen molar-refractivity contribution in [2.24, 2.45) is 0 Å². The van der Waals surface area contributed by atoms with Crippen molar-refractivity contribution in [3.8, 4) is 0 Å². The Morgan fingerprint density at radius 3 is 2.52 bits per heavy atom. The number of nitrogens with one attached hydrogen (secondary N) is 1. The first-order chi connectivity index (χ1) is 10.8. The van der Waals surface area contributed by atoms with Gasteiger partial charge in [-0.2, -0.15) is 13.2 Å². The Hall–Kier alpha value is -2.28. The van der Waals surface area contributed by atoms with E-state index < -0.39 is 29.8 Å². The Balaban J connectivity index is 2.07. The SMILES string of the molecule is O=C(Cn1cccc(C(F)(F)F)c1=O)NCc1ccccc1Cl. The monoisotopic (exact) mass is 344 g/mol. The summed E-state index contributed by atoms with van der Waals surface area (Å²) in [7, 11) is 0. The molecule has 8 heteroatoms. The Morgan fingerprint density at radius 2 is 1.87 bits per heavy atom. The second-order valence-corrected chi connectivity index (χ2v) is 5.13. The molecule has 0 spiro atoms. The molecule has 1 amide bonds. The highest BCUT2D eigenvalue weighted by Crippen LogP contribution is 2.25. The molecule has 0 unspecified atom stereocenters. The highest BCUT2D eigenvalue weighted by atomic mass is 35.5. The third-order valence-corrected chi connectivity index (χ3v) is 3.44. The molecule has 1 N–H and O–H groups in total. The van der Waals surface area contributed by atoms with Crippen molar-refractivity contribution >= 4 is 17.5 Å². The topological polar surface area (TPSA) is 51.1 Å². The summed E-state index contributed by atoms with van der Waals surface area (Å²) in [5.41, 5.74) is -1.90. The Bertz CT molecular complexity index is 772. The lowest BCUT2D eigenvalue weighted by atomic mass is 10.2. The number of carbonyl (C=O) groups is 1. The van der Waals surface area contributed by atoms with E-state index in [0.29, 0.717) is 21.2 Å². The van der Waals surface area contributed by atoms with E-state index in [0.717, 1.165) is 12.3 Å². The number of rotatable bonds is 4. The first-order valence-electron chi connectivity index (χ1n) is 6.56. The molecule has 0 aliphatic heterocycles. The second-order valence-electron chi connectivity index (χ2n) is 4.72. The molecule has 122 valence electrons. The molecule has 0 aliphatic rings. The summed E-state index contributed by atoms with van der Waals surface area (Å²) in [5.74, 6) is -0.591. The van der Waals surface area contributed by atoms with Gasteiger partial charge in [-0.05, 0) is 23.8 Å². The van der Waals surface area contributed by atoms with Gasteiger partial charge in [-0.25, -0.2) is 0 Å². The molecule has 1 aromatic carbocycles. The summed E-state index contributed by atoms with van der Waals surface area (Å²) in [5, 5.41) is 2.97. The minimum Gasteiger partial charge on any atom is -0.350 e. The highest BCUT2D eigenvalue weighted by Gasteiger charge is 2.34. The van der Waals surface area contributed by atoms with Crippen LogP contribution in [0.5, 0.6) is 0 Å². The van der Waals surface area contributed by atoms with Crippen molar-refractivity contribution in [1.82, 2.24) is 9.88 Å². The molecule has 23 heavy (non-hydrogen) atoms. The summed E-state index contributed by atoms with van der Waals surface area (Å²) in [6.45, 7) is -0.389. The lowest BCUT2D eigenvalue weighted by molar-refractivity contribution is -0.139. The van der Waals surface area contributed by atoms with Gasteiger partial charge < -0.3 is 9.88 Å². The van der Waals surface area contributed by atoms with Gasteiger partial charge in [0.2, 0.25) is 5.91 Å². The van der Waals surface area contributed by atoms with E-state index in [-0.39, 0.29) is 6.54 Å². The standard InChI is InChI=1S/C15H12ClF3N2O2/c16-12-6-2-1-4-10(12)8-20-13(22)9-21-7-3-5-11(14(21)23)15(17,18)19/h1-7H,8-9H2,(H,20,22). The fraction of sp³-hybridized carbons (Fsp3) is 0.200.